The van der Waals surface area contributed by atoms with Crippen molar-refractivity contribution in [1.29, 1.82) is 0 Å². The lowest BCUT2D eigenvalue weighted by atomic mass is 9.98. The maximum absolute atomic E-state index is 13.2. The lowest BCUT2D eigenvalue weighted by Gasteiger charge is -2.26. The van der Waals surface area contributed by atoms with Crippen molar-refractivity contribution in [1.82, 2.24) is 29.4 Å². The third-order valence-electron chi connectivity index (χ3n) is 6.88. The van der Waals surface area contributed by atoms with Crippen molar-refractivity contribution in [3.63, 3.8) is 0 Å². The van der Waals surface area contributed by atoms with Crippen molar-refractivity contribution < 1.29 is 4.79 Å². The van der Waals surface area contributed by atoms with Crippen LogP contribution in [0.2, 0.25) is 0 Å². The Morgan fingerprint density at radius 1 is 1.06 bits per heavy atom. The molecule has 6 rings (SSSR count). The largest absolute Gasteiger partial charge is 0.334 e. The van der Waals surface area contributed by atoms with Gasteiger partial charge in [-0.05, 0) is 39.2 Å². The number of aromatic nitrogens is 5. The van der Waals surface area contributed by atoms with E-state index in [1.807, 2.05) is 33.7 Å². The third-order valence-corrected chi connectivity index (χ3v) is 6.88. The van der Waals surface area contributed by atoms with E-state index in [9.17, 15) is 4.79 Å². The Morgan fingerprint density at radius 2 is 1.91 bits per heavy atom. The molecule has 0 atom stereocenters. The highest BCUT2D eigenvalue weighted by Crippen LogP contribution is 2.42. The summed E-state index contributed by atoms with van der Waals surface area (Å²) in [6.45, 7) is 5.95. The Hall–Kier alpha value is -3.29. The average Bonchev–Trinajstić information content (AvgIpc) is 3.24. The maximum Gasteiger partial charge on any atom is 0.223 e. The van der Waals surface area contributed by atoms with E-state index in [4.69, 9.17) is 20.2 Å². The van der Waals surface area contributed by atoms with Crippen LogP contribution in [0.15, 0.2) is 29.6 Å². The van der Waals surface area contributed by atoms with Crippen LogP contribution in [0.1, 0.15) is 73.7 Å². The van der Waals surface area contributed by atoms with Crippen LogP contribution < -0.4 is 0 Å². The number of nitrogens with zero attached hydrogens (tertiary/aromatic N) is 7. The molecular formula is C25H29N7O. The Balaban J connectivity index is 1.51. The van der Waals surface area contributed by atoms with Gasteiger partial charge in [0.05, 0.1) is 35.9 Å². The van der Waals surface area contributed by atoms with Crippen LogP contribution in [-0.4, -0.2) is 47.1 Å². The van der Waals surface area contributed by atoms with Gasteiger partial charge in [0.15, 0.2) is 0 Å². The van der Waals surface area contributed by atoms with E-state index in [0.717, 1.165) is 58.0 Å². The van der Waals surface area contributed by atoms with Crippen LogP contribution in [0.4, 0.5) is 0 Å². The van der Waals surface area contributed by atoms with E-state index < -0.39 is 0 Å². The fraction of sp³-hybridized carbons (Fsp3) is 0.480. The summed E-state index contributed by atoms with van der Waals surface area (Å²) >= 11 is 0. The summed E-state index contributed by atoms with van der Waals surface area (Å²) in [5.41, 5.74) is 8.32. The molecule has 170 valence electrons. The molecule has 4 bridgehead atoms. The van der Waals surface area contributed by atoms with Gasteiger partial charge in [-0.25, -0.2) is 0 Å². The minimum atomic E-state index is 0.0951. The molecule has 1 fully saturated rings. The molecule has 8 heteroatoms. The van der Waals surface area contributed by atoms with Crippen LogP contribution in [0, 0.1) is 0 Å². The van der Waals surface area contributed by atoms with Crippen molar-refractivity contribution in [3.8, 4) is 11.1 Å². The molecule has 3 aromatic rings. The molecule has 1 aliphatic carbocycles. The molecule has 0 N–H and O–H groups in total. The van der Waals surface area contributed by atoms with Crippen molar-refractivity contribution in [2.75, 3.05) is 0 Å². The molecule has 1 saturated carbocycles. The number of carbonyl (C=O) groups excluding carboxylic acids is 1. The van der Waals surface area contributed by atoms with Gasteiger partial charge in [-0.1, -0.05) is 0 Å². The second-order valence-electron chi connectivity index (χ2n) is 9.73. The van der Waals surface area contributed by atoms with Crippen molar-refractivity contribution in [2.45, 2.75) is 71.1 Å². The van der Waals surface area contributed by atoms with E-state index in [1.165, 1.54) is 12.8 Å². The number of aliphatic imine (C=N–C) groups is 1. The first-order chi connectivity index (χ1) is 16.0. The summed E-state index contributed by atoms with van der Waals surface area (Å²) in [6, 6.07) is 2.29. The van der Waals surface area contributed by atoms with Crippen molar-refractivity contribution in [3.05, 3.63) is 52.9 Å². The van der Waals surface area contributed by atoms with Crippen LogP contribution in [0.3, 0.4) is 0 Å². The highest BCUT2D eigenvalue weighted by molar-refractivity contribution is 6.16. The fourth-order valence-electron chi connectivity index (χ4n) is 4.98. The van der Waals surface area contributed by atoms with Gasteiger partial charge < -0.3 is 4.90 Å². The number of hydrogen-bond donors (Lipinski definition) is 0. The number of aryl methyl sites for hydroxylation is 2. The summed E-state index contributed by atoms with van der Waals surface area (Å²) in [6.07, 6.45) is 9.70. The van der Waals surface area contributed by atoms with Crippen LogP contribution in [-0.2, 0) is 31.5 Å². The molecule has 2 aliphatic heterocycles. The molecule has 8 nitrogen and oxygen atoms in total. The molecule has 0 saturated heterocycles. The van der Waals surface area contributed by atoms with Gasteiger partial charge in [0.1, 0.15) is 0 Å². The summed E-state index contributed by atoms with van der Waals surface area (Å²) in [5, 5.41) is 9.66. The average molecular weight is 444 g/mol. The van der Waals surface area contributed by atoms with Crippen LogP contribution in [0.5, 0.6) is 0 Å². The van der Waals surface area contributed by atoms with Crippen molar-refractivity contribution in [2.24, 2.45) is 12.0 Å². The second kappa shape index (κ2) is 7.64. The summed E-state index contributed by atoms with van der Waals surface area (Å²) in [5.74, 6) is 0.676. The SMILES string of the molecule is CC(C)N1Cc2nn(C)cc2-c2cnc3c(c2)C(=NC3)c2cn(nc2C2CC2)CCCC1=O. The monoisotopic (exact) mass is 443 g/mol. The van der Waals surface area contributed by atoms with Gasteiger partial charge in [-0.15, -0.1) is 0 Å². The first-order valence-corrected chi connectivity index (χ1v) is 11.9. The maximum atomic E-state index is 13.2. The topological polar surface area (TPSA) is 81.2 Å². The number of fused-ring (bicyclic) bond motifs is 6. The van der Waals surface area contributed by atoms with E-state index in [-0.39, 0.29) is 11.9 Å². The molecule has 1 amide bonds. The van der Waals surface area contributed by atoms with Gasteiger partial charge in [0, 0.05) is 72.8 Å². The first-order valence-electron chi connectivity index (χ1n) is 11.9. The minimum Gasteiger partial charge on any atom is -0.334 e. The molecule has 3 aliphatic rings. The standard InChI is InChI=1S/C25H29N7O/c1-15(2)32-14-22-19(12-30(3)28-22)17-9-18-21(26-10-17)11-27-25(18)20-13-31(8-4-5-23(32)33)29-24(20)16-6-7-16/h9-10,12-13,15-16H,4-8,11,14H2,1-3H3. The second-order valence-corrected chi connectivity index (χ2v) is 9.73. The number of hydrogen-bond acceptors (Lipinski definition) is 5. The van der Waals surface area contributed by atoms with Gasteiger partial charge in [-0.3, -0.25) is 24.1 Å². The number of carbonyl (C=O) groups is 1. The lowest BCUT2D eigenvalue weighted by molar-refractivity contribution is -0.133. The highest BCUT2D eigenvalue weighted by Gasteiger charge is 2.33. The molecular weight excluding hydrogens is 414 g/mol. The zero-order chi connectivity index (χ0) is 22.7. The molecule has 0 spiro atoms. The predicted molar refractivity (Wildman–Crippen MR) is 125 cm³/mol. The van der Waals surface area contributed by atoms with Gasteiger partial charge in [0.25, 0.3) is 0 Å². The van der Waals surface area contributed by atoms with E-state index in [2.05, 4.69) is 26.1 Å². The Bertz CT molecular complexity index is 1280. The zero-order valence-corrected chi connectivity index (χ0v) is 19.5. The van der Waals surface area contributed by atoms with E-state index in [1.54, 1.807) is 0 Å². The minimum absolute atomic E-state index is 0.0951. The normalized spacial score (nSPS) is 18.2. The number of pyridine rings is 1. The number of rotatable bonds is 2. The first kappa shape index (κ1) is 20.3. The molecule has 0 aromatic carbocycles. The molecule has 3 aromatic heterocycles. The zero-order valence-electron chi connectivity index (χ0n) is 19.5. The molecule has 5 heterocycles. The third kappa shape index (κ3) is 3.57. The van der Waals surface area contributed by atoms with E-state index in [0.29, 0.717) is 25.4 Å². The van der Waals surface area contributed by atoms with Crippen molar-refractivity contribution >= 4 is 11.6 Å². The highest BCUT2D eigenvalue weighted by atomic mass is 16.2. The number of amides is 1. The van der Waals surface area contributed by atoms with Crippen LogP contribution in [0.25, 0.3) is 11.1 Å². The smallest absolute Gasteiger partial charge is 0.223 e. The Labute approximate surface area is 193 Å². The van der Waals surface area contributed by atoms with Gasteiger partial charge in [-0.2, -0.15) is 10.2 Å². The quantitative estimate of drug-likeness (QED) is 0.608. The molecule has 0 radical (unpaired) electrons. The van der Waals surface area contributed by atoms with Gasteiger partial charge in [0.2, 0.25) is 5.91 Å². The predicted octanol–water partition coefficient (Wildman–Crippen LogP) is 3.44. The van der Waals surface area contributed by atoms with Gasteiger partial charge >= 0.3 is 0 Å². The van der Waals surface area contributed by atoms with Crippen LogP contribution >= 0.6 is 0 Å². The Kier molecular flexibility index (Phi) is 4.71. The fourth-order valence-corrected chi connectivity index (χ4v) is 4.98. The molecule has 0 unspecified atom stereocenters. The summed E-state index contributed by atoms with van der Waals surface area (Å²) in [7, 11) is 1.93. The summed E-state index contributed by atoms with van der Waals surface area (Å²) in [4.78, 5) is 24.8. The lowest BCUT2D eigenvalue weighted by Crippen LogP contribution is -2.36. The molecule has 33 heavy (non-hydrogen) atoms. The Morgan fingerprint density at radius 3 is 2.70 bits per heavy atom. The summed E-state index contributed by atoms with van der Waals surface area (Å²) < 4.78 is 3.85. The van der Waals surface area contributed by atoms with E-state index >= 15 is 0 Å².